The van der Waals surface area contributed by atoms with Gasteiger partial charge in [0.25, 0.3) is 5.69 Å². The summed E-state index contributed by atoms with van der Waals surface area (Å²) in [7, 11) is 0. The van der Waals surface area contributed by atoms with Crippen molar-refractivity contribution in [2.24, 2.45) is 0 Å². The average molecular weight is 258 g/mol. The van der Waals surface area contributed by atoms with E-state index < -0.39 is 0 Å². The Labute approximate surface area is 113 Å². The molecule has 2 rings (SSSR count). The van der Waals surface area contributed by atoms with Crippen molar-refractivity contribution < 1.29 is 4.92 Å². The van der Waals surface area contributed by atoms with Crippen LogP contribution in [0, 0.1) is 10.1 Å². The van der Waals surface area contributed by atoms with Crippen LogP contribution in [0.3, 0.4) is 0 Å². The summed E-state index contributed by atoms with van der Waals surface area (Å²) in [6.45, 7) is 7.51. The van der Waals surface area contributed by atoms with Crippen LogP contribution in [0.1, 0.15) is 30.0 Å². The number of nitro benzene ring substituents is 1. The maximum Gasteiger partial charge on any atom is 0.272 e. The Hall–Kier alpha value is -1.94. The number of benzene rings is 1. The van der Waals surface area contributed by atoms with Crippen molar-refractivity contribution in [2.45, 2.75) is 31.3 Å². The van der Waals surface area contributed by atoms with E-state index in [9.17, 15) is 10.1 Å². The number of fused-ring (bicyclic) bond motifs is 1. The number of nitrogens with one attached hydrogen (secondary N) is 1. The average Bonchev–Trinajstić information content (AvgIpc) is 2.38. The minimum atomic E-state index is -0.292. The fourth-order valence-corrected chi connectivity index (χ4v) is 2.71. The predicted molar refractivity (Wildman–Crippen MR) is 76.1 cm³/mol. The highest BCUT2D eigenvalue weighted by Gasteiger charge is 2.29. The van der Waals surface area contributed by atoms with E-state index >= 15 is 0 Å². The van der Waals surface area contributed by atoms with Crippen LogP contribution < -0.4 is 5.32 Å². The third kappa shape index (κ3) is 2.74. The predicted octanol–water partition coefficient (Wildman–Crippen LogP) is 3.30. The summed E-state index contributed by atoms with van der Waals surface area (Å²) in [5, 5.41) is 14.7. The van der Waals surface area contributed by atoms with Crippen molar-refractivity contribution in [3.05, 3.63) is 64.8 Å². The monoisotopic (exact) mass is 258 g/mol. The lowest BCUT2D eigenvalue weighted by atomic mass is 9.86. The zero-order valence-electron chi connectivity index (χ0n) is 10.8. The van der Waals surface area contributed by atoms with Gasteiger partial charge in [0.15, 0.2) is 0 Å². The van der Waals surface area contributed by atoms with E-state index in [1.54, 1.807) is 12.1 Å². The van der Waals surface area contributed by atoms with Crippen LogP contribution in [-0.4, -0.2) is 11.0 Å². The normalized spacial score (nSPS) is 21.5. The summed E-state index contributed by atoms with van der Waals surface area (Å²) < 4.78 is 0. The Bertz CT molecular complexity index is 511. The quantitative estimate of drug-likeness (QED) is 0.501. The van der Waals surface area contributed by atoms with Crippen LogP contribution in [0.25, 0.3) is 0 Å². The van der Waals surface area contributed by atoms with Gasteiger partial charge in [-0.3, -0.25) is 10.1 Å². The van der Waals surface area contributed by atoms with E-state index in [4.69, 9.17) is 0 Å². The van der Waals surface area contributed by atoms with E-state index in [0.29, 0.717) is 6.42 Å². The third-order valence-corrected chi connectivity index (χ3v) is 3.50. The molecule has 0 bridgehead atoms. The van der Waals surface area contributed by atoms with Crippen molar-refractivity contribution in [1.29, 1.82) is 0 Å². The van der Waals surface area contributed by atoms with Crippen LogP contribution in [0.5, 0.6) is 0 Å². The van der Waals surface area contributed by atoms with Crippen LogP contribution in [0.15, 0.2) is 43.5 Å². The Morgan fingerprint density at radius 2 is 2.11 bits per heavy atom. The van der Waals surface area contributed by atoms with E-state index in [0.717, 1.165) is 24.0 Å². The second-order valence-electron chi connectivity index (χ2n) is 4.77. The van der Waals surface area contributed by atoms with Gasteiger partial charge in [-0.2, -0.15) is 0 Å². The number of nitro groups is 1. The molecule has 0 fully saturated rings. The van der Waals surface area contributed by atoms with Gasteiger partial charge >= 0.3 is 0 Å². The van der Waals surface area contributed by atoms with Crippen molar-refractivity contribution in [3.63, 3.8) is 0 Å². The Morgan fingerprint density at radius 1 is 1.37 bits per heavy atom. The maximum atomic E-state index is 11.1. The molecule has 0 amide bonds. The van der Waals surface area contributed by atoms with Gasteiger partial charge in [-0.25, -0.2) is 0 Å². The number of hydrogen-bond donors (Lipinski definition) is 1. The van der Waals surface area contributed by atoms with Gasteiger partial charge in [-0.1, -0.05) is 24.3 Å². The second kappa shape index (κ2) is 5.80. The minimum Gasteiger partial charge on any atom is -0.306 e. The first-order valence-corrected chi connectivity index (χ1v) is 6.41. The van der Waals surface area contributed by atoms with Gasteiger partial charge in [0.2, 0.25) is 0 Å². The van der Waals surface area contributed by atoms with E-state index in [-0.39, 0.29) is 22.7 Å². The molecule has 0 spiro atoms. The molecule has 0 aromatic heterocycles. The molecule has 100 valence electrons. The van der Waals surface area contributed by atoms with Gasteiger partial charge < -0.3 is 5.32 Å². The van der Waals surface area contributed by atoms with Crippen molar-refractivity contribution in [2.75, 3.05) is 0 Å². The van der Waals surface area contributed by atoms with E-state index in [1.165, 1.54) is 0 Å². The summed E-state index contributed by atoms with van der Waals surface area (Å²) in [6, 6.07) is 5.61. The van der Waals surface area contributed by atoms with Crippen LogP contribution in [0.2, 0.25) is 0 Å². The molecule has 4 nitrogen and oxygen atoms in total. The molecule has 0 unspecified atom stereocenters. The van der Waals surface area contributed by atoms with E-state index in [1.807, 2.05) is 18.2 Å². The molecule has 19 heavy (non-hydrogen) atoms. The lowest BCUT2D eigenvalue weighted by Crippen LogP contribution is -2.39. The summed E-state index contributed by atoms with van der Waals surface area (Å²) in [5.41, 5.74) is 2.10. The molecular weight excluding hydrogens is 240 g/mol. The summed E-state index contributed by atoms with van der Waals surface area (Å²) in [5.74, 6) is 0. The minimum absolute atomic E-state index is 0.103. The largest absolute Gasteiger partial charge is 0.306 e. The fourth-order valence-electron chi connectivity index (χ4n) is 2.71. The van der Waals surface area contributed by atoms with Crippen molar-refractivity contribution in [3.8, 4) is 0 Å². The van der Waals surface area contributed by atoms with Crippen molar-refractivity contribution in [1.82, 2.24) is 5.32 Å². The first kappa shape index (κ1) is 13.5. The molecule has 1 N–H and O–H groups in total. The van der Waals surface area contributed by atoms with Crippen molar-refractivity contribution >= 4 is 5.69 Å². The Morgan fingerprint density at radius 3 is 2.74 bits per heavy atom. The number of rotatable bonds is 5. The Balaban J connectivity index is 2.44. The first-order chi connectivity index (χ1) is 9.17. The van der Waals surface area contributed by atoms with Crippen LogP contribution >= 0.6 is 0 Å². The van der Waals surface area contributed by atoms with Gasteiger partial charge in [-0.05, 0) is 24.8 Å². The molecule has 0 saturated heterocycles. The summed E-state index contributed by atoms with van der Waals surface area (Å²) in [6.07, 6.45) is 5.94. The molecule has 1 aliphatic heterocycles. The fraction of sp³-hybridized carbons (Fsp3) is 0.333. The first-order valence-electron chi connectivity index (χ1n) is 6.41. The van der Waals surface area contributed by atoms with Crippen LogP contribution in [0.4, 0.5) is 5.69 Å². The summed E-state index contributed by atoms with van der Waals surface area (Å²) in [4.78, 5) is 10.9. The van der Waals surface area contributed by atoms with E-state index in [2.05, 4.69) is 18.5 Å². The van der Waals surface area contributed by atoms with Gasteiger partial charge in [0.05, 0.1) is 4.92 Å². The number of hydrogen-bond acceptors (Lipinski definition) is 3. The second-order valence-corrected chi connectivity index (χ2v) is 4.77. The highest BCUT2D eigenvalue weighted by atomic mass is 16.6. The standard InChI is InChI=1S/C15H18N2O2/c1-3-6-11-10-13-12(14(16-11)7-4-2)8-5-9-15(13)17(18)19/h3-5,8-9,11,14,16H,1-2,6-7,10H2/t11-,14-/m1/s1. The molecule has 4 heteroatoms. The number of nitrogens with zero attached hydrogens (tertiary/aromatic N) is 1. The Kier molecular flexibility index (Phi) is 4.12. The maximum absolute atomic E-state index is 11.1. The molecule has 1 aromatic carbocycles. The molecule has 2 atom stereocenters. The molecule has 0 aliphatic carbocycles. The summed E-state index contributed by atoms with van der Waals surface area (Å²) >= 11 is 0. The highest BCUT2D eigenvalue weighted by molar-refractivity contribution is 5.49. The topological polar surface area (TPSA) is 55.2 Å². The van der Waals surface area contributed by atoms with Gasteiger partial charge in [-0.15, -0.1) is 13.2 Å². The smallest absolute Gasteiger partial charge is 0.272 e. The van der Waals surface area contributed by atoms with Gasteiger partial charge in [0, 0.05) is 23.7 Å². The molecule has 0 saturated carbocycles. The zero-order valence-corrected chi connectivity index (χ0v) is 10.8. The molecule has 0 radical (unpaired) electrons. The lowest BCUT2D eigenvalue weighted by Gasteiger charge is -2.32. The zero-order chi connectivity index (χ0) is 13.8. The van der Waals surface area contributed by atoms with Gasteiger partial charge in [0.1, 0.15) is 0 Å². The molecule has 1 aliphatic rings. The SMILES string of the molecule is C=CC[C@@H]1Cc2c(cccc2[N+](=O)[O-])[C@@H](CC=C)N1. The highest BCUT2D eigenvalue weighted by Crippen LogP contribution is 2.34. The molecule has 1 aromatic rings. The molecule has 1 heterocycles. The lowest BCUT2D eigenvalue weighted by molar-refractivity contribution is -0.385. The third-order valence-electron chi connectivity index (χ3n) is 3.50. The van der Waals surface area contributed by atoms with Crippen LogP contribution in [-0.2, 0) is 6.42 Å². The molecular formula is C15H18N2O2.